The molecule has 1 heterocycles. The number of nitrogens with zero attached hydrogens (tertiary/aromatic N) is 1. The van der Waals surface area contributed by atoms with Crippen molar-refractivity contribution in [3.8, 4) is 0 Å². The van der Waals surface area contributed by atoms with E-state index < -0.39 is 0 Å². The average Bonchev–Trinajstić information content (AvgIpc) is 2.39. The zero-order valence-corrected chi connectivity index (χ0v) is 10.9. The Hall–Kier alpha value is -0.380. The fraction of sp³-hybridized carbons (Fsp3) is 0.857. The summed E-state index contributed by atoms with van der Waals surface area (Å²) < 4.78 is 5.70. The van der Waals surface area contributed by atoms with Crippen molar-refractivity contribution < 1.29 is 4.74 Å². The molecule has 1 saturated heterocycles. The monoisotopic (exact) mass is 238 g/mol. The van der Waals surface area contributed by atoms with E-state index in [1.807, 2.05) is 0 Å². The summed E-state index contributed by atoms with van der Waals surface area (Å²) in [5.74, 6) is 0. The van der Waals surface area contributed by atoms with Gasteiger partial charge in [-0.15, -0.1) is 0 Å². The molecule has 1 aliphatic heterocycles. The average molecular weight is 238 g/mol. The Kier molecular flexibility index (Phi) is 5.49. The molecule has 0 radical (unpaired) electrons. The van der Waals surface area contributed by atoms with Crippen molar-refractivity contribution in [1.82, 2.24) is 4.90 Å². The SMILES string of the molecule is NCCC1CN(CCC2=CCCCC2)CCO1. The molecule has 98 valence electrons. The first kappa shape index (κ1) is 13.1. The first-order chi connectivity index (χ1) is 8.38. The van der Waals surface area contributed by atoms with Gasteiger partial charge in [0.1, 0.15) is 0 Å². The van der Waals surface area contributed by atoms with Crippen LogP contribution in [0.25, 0.3) is 0 Å². The van der Waals surface area contributed by atoms with Gasteiger partial charge in [0, 0.05) is 19.6 Å². The van der Waals surface area contributed by atoms with Crippen LogP contribution in [0.4, 0.5) is 0 Å². The normalized spacial score (nSPS) is 26.9. The van der Waals surface area contributed by atoms with Crippen LogP contribution in [0.5, 0.6) is 0 Å². The smallest absolute Gasteiger partial charge is 0.0714 e. The maximum absolute atomic E-state index is 5.70. The molecule has 0 bridgehead atoms. The summed E-state index contributed by atoms with van der Waals surface area (Å²) in [6, 6.07) is 0. The molecule has 0 aromatic heterocycles. The molecule has 1 aliphatic carbocycles. The van der Waals surface area contributed by atoms with Crippen molar-refractivity contribution in [1.29, 1.82) is 0 Å². The second kappa shape index (κ2) is 7.14. The molecule has 2 N–H and O–H groups in total. The summed E-state index contributed by atoms with van der Waals surface area (Å²) in [7, 11) is 0. The van der Waals surface area contributed by atoms with Gasteiger partial charge in [-0.1, -0.05) is 11.6 Å². The summed E-state index contributed by atoms with van der Waals surface area (Å²) in [5.41, 5.74) is 7.27. The van der Waals surface area contributed by atoms with Crippen LogP contribution in [0.1, 0.15) is 38.5 Å². The van der Waals surface area contributed by atoms with Crippen molar-refractivity contribution >= 4 is 0 Å². The highest BCUT2D eigenvalue weighted by Gasteiger charge is 2.19. The van der Waals surface area contributed by atoms with E-state index in [1.54, 1.807) is 5.57 Å². The van der Waals surface area contributed by atoms with Gasteiger partial charge in [-0.2, -0.15) is 0 Å². The van der Waals surface area contributed by atoms with Crippen LogP contribution in [0.15, 0.2) is 11.6 Å². The molecule has 1 fully saturated rings. The lowest BCUT2D eigenvalue weighted by Gasteiger charge is -2.33. The summed E-state index contributed by atoms with van der Waals surface area (Å²) in [4.78, 5) is 2.54. The van der Waals surface area contributed by atoms with E-state index in [2.05, 4.69) is 11.0 Å². The van der Waals surface area contributed by atoms with Crippen molar-refractivity contribution in [2.45, 2.75) is 44.6 Å². The molecule has 0 aromatic rings. The minimum absolute atomic E-state index is 0.370. The van der Waals surface area contributed by atoms with E-state index in [0.717, 1.165) is 32.7 Å². The highest BCUT2D eigenvalue weighted by Crippen LogP contribution is 2.20. The number of morpholine rings is 1. The predicted molar refractivity (Wildman–Crippen MR) is 71.0 cm³/mol. The standard InChI is InChI=1S/C14H26N2O/c15-8-6-14-12-16(10-11-17-14)9-7-13-4-2-1-3-5-13/h4,14H,1-3,5-12,15H2. The van der Waals surface area contributed by atoms with E-state index >= 15 is 0 Å². The highest BCUT2D eigenvalue weighted by atomic mass is 16.5. The molecule has 3 heteroatoms. The molecule has 0 spiro atoms. The first-order valence-corrected chi connectivity index (χ1v) is 7.10. The molecule has 0 saturated carbocycles. The minimum atomic E-state index is 0.370. The van der Waals surface area contributed by atoms with Crippen molar-refractivity contribution in [3.05, 3.63) is 11.6 Å². The van der Waals surface area contributed by atoms with Gasteiger partial charge in [-0.25, -0.2) is 0 Å². The van der Waals surface area contributed by atoms with E-state index in [9.17, 15) is 0 Å². The third-order valence-corrected chi connectivity index (χ3v) is 3.85. The second-order valence-corrected chi connectivity index (χ2v) is 5.23. The Bertz CT molecular complexity index is 251. The van der Waals surface area contributed by atoms with E-state index in [4.69, 9.17) is 10.5 Å². The molecule has 2 rings (SSSR count). The van der Waals surface area contributed by atoms with Crippen molar-refractivity contribution in [3.63, 3.8) is 0 Å². The molecule has 1 unspecified atom stereocenters. The molecular formula is C14H26N2O. The number of hydrogen-bond acceptors (Lipinski definition) is 3. The van der Waals surface area contributed by atoms with Crippen LogP contribution in [0, 0.1) is 0 Å². The quantitative estimate of drug-likeness (QED) is 0.744. The van der Waals surface area contributed by atoms with Gasteiger partial charge < -0.3 is 10.5 Å². The van der Waals surface area contributed by atoms with Gasteiger partial charge in [0.05, 0.1) is 12.7 Å². The summed E-state index contributed by atoms with van der Waals surface area (Å²) in [6.45, 7) is 4.99. The molecule has 0 amide bonds. The topological polar surface area (TPSA) is 38.5 Å². The van der Waals surface area contributed by atoms with Crippen LogP contribution in [-0.4, -0.2) is 43.8 Å². The van der Waals surface area contributed by atoms with Crippen LogP contribution < -0.4 is 5.73 Å². The third kappa shape index (κ3) is 4.41. The lowest BCUT2D eigenvalue weighted by molar-refractivity contribution is -0.0303. The molecule has 1 atom stereocenters. The lowest BCUT2D eigenvalue weighted by Crippen LogP contribution is -2.43. The number of nitrogens with two attached hydrogens (primary N) is 1. The van der Waals surface area contributed by atoms with E-state index in [0.29, 0.717) is 6.10 Å². The summed E-state index contributed by atoms with van der Waals surface area (Å²) >= 11 is 0. The Labute approximate surface area is 105 Å². The molecule has 0 aromatic carbocycles. The van der Waals surface area contributed by atoms with Gasteiger partial charge in [-0.05, 0) is 45.1 Å². The Balaban J connectivity index is 1.69. The fourth-order valence-corrected chi connectivity index (χ4v) is 2.78. The zero-order chi connectivity index (χ0) is 11.9. The molecule has 2 aliphatic rings. The number of rotatable bonds is 5. The second-order valence-electron chi connectivity index (χ2n) is 5.23. The number of hydrogen-bond donors (Lipinski definition) is 1. The number of allylic oxidation sites excluding steroid dienone is 1. The Morgan fingerprint density at radius 1 is 1.41 bits per heavy atom. The Morgan fingerprint density at radius 2 is 2.35 bits per heavy atom. The molecule has 3 nitrogen and oxygen atoms in total. The fourth-order valence-electron chi connectivity index (χ4n) is 2.78. The van der Waals surface area contributed by atoms with Crippen LogP contribution >= 0.6 is 0 Å². The predicted octanol–water partition coefficient (Wildman–Crippen LogP) is 1.93. The first-order valence-electron chi connectivity index (χ1n) is 7.10. The number of ether oxygens (including phenoxy) is 1. The minimum Gasteiger partial charge on any atom is -0.376 e. The maximum atomic E-state index is 5.70. The largest absolute Gasteiger partial charge is 0.376 e. The Morgan fingerprint density at radius 3 is 3.12 bits per heavy atom. The van der Waals surface area contributed by atoms with Crippen molar-refractivity contribution in [2.24, 2.45) is 5.73 Å². The van der Waals surface area contributed by atoms with Gasteiger partial charge in [0.15, 0.2) is 0 Å². The van der Waals surface area contributed by atoms with Gasteiger partial charge in [0.2, 0.25) is 0 Å². The van der Waals surface area contributed by atoms with Crippen LogP contribution in [-0.2, 0) is 4.74 Å². The highest BCUT2D eigenvalue weighted by molar-refractivity contribution is 5.05. The summed E-state index contributed by atoms with van der Waals surface area (Å²) in [5, 5.41) is 0. The van der Waals surface area contributed by atoms with Crippen LogP contribution in [0.3, 0.4) is 0 Å². The third-order valence-electron chi connectivity index (χ3n) is 3.85. The maximum Gasteiger partial charge on any atom is 0.0714 e. The van der Waals surface area contributed by atoms with Gasteiger partial charge in [0.25, 0.3) is 0 Å². The lowest BCUT2D eigenvalue weighted by atomic mass is 9.97. The van der Waals surface area contributed by atoms with Crippen LogP contribution in [0.2, 0.25) is 0 Å². The van der Waals surface area contributed by atoms with Gasteiger partial charge in [-0.3, -0.25) is 4.90 Å². The van der Waals surface area contributed by atoms with E-state index in [1.165, 1.54) is 38.6 Å². The molecule has 17 heavy (non-hydrogen) atoms. The van der Waals surface area contributed by atoms with Gasteiger partial charge >= 0.3 is 0 Å². The van der Waals surface area contributed by atoms with E-state index in [-0.39, 0.29) is 0 Å². The zero-order valence-electron chi connectivity index (χ0n) is 10.9. The molecular weight excluding hydrogens is 212 g/mol. The summed E-state index contributed by atoms with van der Waals surface area (Å²) in [6.07, 6.45) is 10.5. The van der Waals surface area contributed by atoms with Crippen molar-refractivity contribution in [2.75, 3.05) is 32.8 Å².